The third-order valence-electron chi connectivity index (χ3n) is 3.91. The van der Waals surface area contributed by atoms with Crippen LogP contribution in [0.15, 0.2) is 24.3 Å². The quantitative estimate of drug-likeness (QED) is 0.640. The van der Waals surface area contributed by atoms with E-state index in [-0.39, 0.29) is 12.5 Å². The molecule has 1 atom stereocenters. The fourth-order valence-corrected chi connectivity index (χ4v) is 2.63. The molecule has 134 valence electrons. The summed E-state index contributed by atoms with van der Waals surface area (Å²) in [5.74, 6) is -0.298. The number of carbonyl (C=O) groups is 2. The van der Waals surface area contributed by atoms with Crippen LogP contribution in [-0.2, 0) is 9.59 Å². The van der Waals surface area contributed by atoms with Crippen molar-refractivity contribution in [1.82, 2.24) is 5.32 Å². The summed E-state index contributed by atoms with van der Waals surface area (Å²) < 4.78 is 0. The molecule has 5 heteroatoms. The zero-order chi connectivity index (χ0) is 18.1. The zero-order valence-electron chi connectivity index (χ0n) is 15.1. The number of hydrogen-bond donors (Lipinski definition) is 3. The summed E-state index contributed by atoms with van der Waals surface area (Å²) in [6.07, 6.45) is 1.52. The van der Waals surface area contributed by atoms with E-state index in [4.69, 9.17) is 5.11 Å². The van der Waals surface area contributed by atoms with E-state index < -0.39 is 11.8 Å². The summed E-state index contributed by atoms with van der Waals surface area (Å²) in [5, 5.41) is 14.4. The van der Waals surface area contributed by atoms with Crippen molar-refractivity contribution < 1.29 is 14.7 Å². The minimum Gasteiger partial charge on any atom is -0.396 e. The van der Waals surface area contributed by atoms with Crippen LogP contribution in [0.5, 0.6) is 0 Å². The minimum atomic E-state index is -0.664. The Kier molecular flexibility index (Phi) is 8.47. The van der Waals surface area contributed by atoms with Gasteiger partial charge in [-0.15, -0.1) is 0 Å². The molecular weight excluding hydrogens is 304 g/mol. The molecule has 0 aliphatic carbocycles. The lowest BCUT2D eigenvalue weighted by atomic mass is 9.94. The van der Waals surface area contributed by atoms with Crippen LogP contribution in [0.2, 0.25) is 0 Å². The molecule has 2 amide bonds. The van der Waals surface area contributed by atoms with Gasteiger partial charge in [0.2, 0.25) is 0 Å². The SMILES string of the molecule is CC(C)CC(CCO)CNC(=O)C(=O)Nc1cccc(C(C)C)c1. The molecule has 1 aromatic rings. The topological polar surface area (TPSA) is 78.4 Å². The van der Waals surface area contributed by atoms with Crippen LogP contribution in [0, 0.1) is 11.8 Å². The van der Waals surface area contributed by atoms with Gasteiger partial charge in [-0.2, -0.15) is 0 Å². The smallest absolute Gasteiger partial charge is 0.313 e. The van der Waals surface area contributed by atoms with Gasteiger partial charge in [0.05, 0.1) is 0 Å². The van der Waals surface area contributed by atoms with Gasteiger partial charge in [0, 0.05) is 18.8 Å². The molecule has 3 N–H and O–H groups in total. The molecule has 0 fully saturated rings. The molecule has 1 aromatic carbocycles. The van der Waals surface area contributed by atoms with Crippen LogP contribution in [0.25, 0.3) is 0 Å². The Hall–Kier alpha value is -1.88. The Morgan fingerprint density at radius 3 is 2.42 bits per heavy atom. The number of nitrogens with one attached hydrogen (secondary N) is 2. The summed E-state index contributed by atoms with van der Waals surface area (Å²) in [7, 11) is 0. The molecule has 0 bridgehead atoms. The predicted octanol–water partition coefficient (Wildman–Crippen LogP) is 2.91. The van der Waals surface area contributed by atoms with Crippen molar-refractivity contribution in [3.8, 4) is 0 Å². The molecule has 0 heterocycles. The van der Waals surface area contributed by atoms with E-state index in [1.807, 2.05) is 18.2 Å². The Bertz CT molecular complexity index is 541. The number of rotatable bonds is 8. The van der Waals surface area contributed by atoms with Crippen LogP contribution in [-0.4, -0.2) is 30.1 Å². The molecule has 0 spiro atoms. The van der Waals surface area contributed by atoms with Crippen molar-refractivity contribution in [1.29, 1.82) is 0 Å². The molecule has 1 unspecified atom stereocenters. The number of anilines is 1. The highest BCUT2D eigenvalue weighted by Crippen LogP contribution is 2.18. The fraction of sp³-hybridized carbons (Fsp3) is 0.579. The van der Waals surface area contributed by atoms with E-state index in [0.717, 1.165) is 12.0 Å². The highest BCUT2D eigenvalue weighted by Gasteiger charge is 2.17. The average Bonchev–Trinajstić information content (AvgIpc) is 2.52. The van der Waals surface area contributed by atoms with Crippen LogP contribution in [0.3, 0.4) is 0 Å². The number of amides is 2. The van der Waals surface area contributed by atoms with E-state index in [2.05, 4.69) is 38.3 Å². The average molecular weight is 334 g/mol. The van der Waals surface area contributed by atoms with E-state index in [1.165, 1.54) is 0 Å². The first-order valence-electron chi connectivity index (χ1n) is 8.63. The minimum absolute atomic E-state index is 0.0848. The van der Waals surface area contributed by atoms with Gasteiger partial charge in [-0.05, 0) is 48.3 Å². The molecular formula is C19H30N2O3. The van der Waals surface area contributed by atoms with Gasteiger partial charge in [0.15, 0.2) is 0 Å². The molecule has 0 radical (unpaired) electrons. The maximum Gasteiger partial charge on any atom is 0.313 e. The summed E-state index contributed by atoms with van der Waals surface area (Å²) >= 11 is 0. The summed E-state index contributed by atoms with van der Waals surface area (Å²) in [6.45, 7) is 8.83. The lowest BCUT2D eigenvalue weighted by molar-refractivity contribution is -0.136. The van der Waals surface area contributed by atoms with Crippen LogP contribution in [0.1, 0.15) is 52.0 Å². The summed E-state index contributed by atoms with van der Waals surface area (Å²) in [6, 6.07) is 7.50. The first-order valence-corrected chi connectivity index (χ1v) is 8.63. The first kappa shape index (κ1) is 20.2. The number of benzene rings is 1. The number of carbonyl (C=O) groups excluding carboxylic acids is 2. The second-order valence-electron chi connectivity index (χ2n) is 6.95. The van der Waals surface area contributed by atoms with Gasteiger partial charge in [-0.3, -0.25) is 9.59 Å². The molecule has 1 rings (SSSR count). The maximum absolute atomic E-state index is 12.0. The molecule has 0 saturated carbocycles. The van der Waals surface area contributed by atoms with Gasteiger partial charge in [-0.1, -0.05) is 39.8 Å². The summed E-state index contributed by atoms with van der Waals surface area (Å²) in [4.78, 5) is 24.0. The van der Waals surface area contributed by atoms with E-state index in [0.29, 0.717) is 30.5 Å². The van der Waals surface area contributed by atoms with Crippen molar-refractivity contribution in [3.05, 3.63) is 29.8 Å². The van der Waals surface area contributed by atoms with Gasteiger partial charge in [-0.25, -0.2) is 0 Å². The van der Waals surface area contributed by atoms with Crippen molar-refractivity contribution in [3.63, 3.8) is 0 Å². The largest absolute Gasteiger partial charge is 0.396 e. The lowest BCUT2D eigenvalue weighted by Gasteiger charge is -2.18. The monoisotopic (exact) mass is 334 g/mol. The predicted molar refractivity (Wildman–Crippen MR) is 96.8 cm³/mol. The number of hydrogen-bond acceptors (Lipinski definition) is 3. The van der Waals surface area contributed by atoms with Crippen LogP contribution in [0.4, 0.5) is 5.69 Å². The normalized spacial score (nSPS) is 12.3. The van der Waals surface area contributed by atoms with Crippen molar-refractivity contribution in [2.24, 2.45) is 11.8 Å². The maximum atomic E-state index is 12.0. The second-order valence-corrected chi connectivity index (χ2v) is 6.95. The summed E-state index contributed by atoms with van der Waals surface area (Å²) in [5.41, 5.74) is 1.73. The van der Waals surface area contributed by atoms with Crippen LogP contribution >= 0.6 is 0 Å². The van der Waals surface area contributed by atoms with Crippen molar-refractivity contribution in [2.45, 2.75) is 46.5 Å². The lowest BCUT2D eigenvalue weighted by Crippen LogP contribution is -2.38. The van der Waals surface area contributed by atoms with Gasteiger partial charge in [0.1, 0.15) is 0 Å². The standard InChI is InChI=1S/C19H30N2O3/c1-13(2)10-15(8-9-22)12-20-18(23)19(24)21-17-7-5-6-16(11-17)14(3)4/h5-7,11,13-15,22H,8-10,12H2,1-4H3,(H,20,23)(H,21,24). The molecule has 0 aliphatic heterocycles. The van der Waals surface area contributed by atoms with Gasteiger partial charge in [0.25, 0.3) is 0 Å². The van der Waals surface area contributed by atoms with Gasteiger partial charge < -0.3 is 15.7 Å². The van der Waals surface area contributed by atoms with Crippen molar-refractivity contribution >= 4 is 17.5 Å². The van der Waals surface area contributed by atoms with Crippen LogP contribution < -0.4 is 10.6 Å². The highest BCUT2D eigenvalue weighted by atomic mass is 16.3. The van der Waals surface area contributed by atoms with Crippen molar-refractivity contribution in [2.75, 3.05) is 18.5 Å². The Balaban J connectivity index is 2.55. The Labute approximate surface area is 144 Å². The molecule has 0 aliphatic rings. The third kappa shape index (κ3) is 7.13. The van der Waals surface area contributed by atoms with E-state index in [9.17, 15) is 9.59 Å². The molecule has 24 heavy (non-hydrogen) atoms. The fourth-order valence-electron chi connectivity index (χ4n) is 2.63. The van der Waals surface area contributed by atoms with E-state index in [1.54, 1.807) is 6.07 Å². The first-order chi connectivity index (χ1) is 11.3. The number of aliphatic hydroxyl groups excluding tert-OH is 1. The number of aliphatic hydroxyl groups is 1. The third-order valence-corrected chi connectivity index (χ3v) is 3.91. The van der Waals surface area contributed by atoms with Gasteiger partial charge >= 0.3 is 11.8 Å². The molecule has 5 nitrogen and oxygen atoms in total. The Morgan fingerprint density at radius 1 is 1.12 bits per heavy atom. The Morgan fingerprint density at radius 2 is 1.83 bits per heavy atom. The zero-order valence-corrected chi connectivity index (χ0v) is 15.1. The second kappa shape index (κ2) is 10.1. The highest BCUT2D eigenvalue weighted by molar-refractivity contribution is 6.39. The molecule has 0 aromatic heterocycles. The van der Waals surface area contributed by atoms with E-state index >= 15 is 0 Å². The molecule has 0 saturated heterocycles.